The molecule has 0 aromatic carbocycles. The van der Waals surface area contributed by atoms with Crippen LogP contribution in [0, 0.1) is 0 Å². The Hall–Kier alpha value is -1.30. The van der Waals surface area contributed by atoms with Gasteiger partial charge in [0.1, 0.15) is 5.60 Å². The molecule has 1 amide bonds. The number of hydrogen-bond donors (Lipinski definition) is 1. The maximum atomic E-state index is 12.1. The third-order valence-corrected chi connectivity index (χ3v) is 3.02. The molecule has 0 rings (SSSR count). The minimum atomic E-state index is -0.517. The van der Waals surface area contributed by atoms with Crippen molar-refractivity contribution in [3.05, 3.63) is 0 Å². The van der Waals surface area contributed by atoms with E-state index in [2.05, 4.69) is 4.74 Å². The second-order valence-corrected chi connectivity index (χ2v) is 6.28. The first-order valence-electron chi connectivity index (χ1n) is 7.95. The van der Waals surface area contributed by atoms with Crippen LogP contribution in [0.5, 0.6) is 0 Å². The van der Waals surface area contributed by atoms with Gasteiger partial charge in [0.2, 0.25) is 0 Å². The minimum absolute atomic E-state index is 0.126. The molecule has 0 saturated carbocycles. The van der Waals surface area contributed by atoms with Crippen molar-refractivity contribution in [2.45, 2.75) is 64.9 Å². The van der Waals surface area contributed by atoms with Crippen LogP contribution < -0.4 is 0 Å². The van der Waals surface area contributed by atoms with E-state index in [1.165, 1.54) is 7.11 Å². The van der Waals surface area contributed by atoms with Crippen LogP contribution in [-0.2, 0) is 14.3 Å². The molecule has 0 heterocycles. The molecule has 6 heteroatoms. The topological polar surface area (TPSA) is 76.1 Å². The Labute approximate surface area is 133 Å². The van der Waals surface area contributed by atoms with Crippen molar-refractivity contribution in [3.8, 4) is 0 Å². The van der Waals surface area contributed by atoms with E-state index in [1.54, 1.807) is 4.90 Å². The summed E-state index contributed by atoms with van der Waals surface area (Å²) >= 11 is 0. The van der Waals surface area contributed by atoms with E-state index in [0.29, 0.717) is 25.9 Å². The zero-order valence-corrected chi connectivity index (χ0v) is 14.4. The number of esters is 1. The molecule has 6 nitrogen and oxygen atoms in total. The Morgan fingerprint density at radius 2 is 1.59 bits per heavy atom. The second kappa shape index (κ2) is 11.3. The highest BCUT2D eigenvalue weighted by atomic mass is 16.6. The number of rotatable bonds is 10. The van der Waals surface area contributed by atoms with E-state index < -0.39 is 5.60 Å². The summed E-state index contributed by atoms with van der Waals surface area (Å²) < 4.78 is 9.98. The van der Waals surface area contributed by atoms with Gasteiger partial charge in [0.05, 0.1) is 7.11 Å². The maximum Gasteiger partial charge on any atom is 0.410 e. The Bertz CT molecular complexity index is 325. The van der Waals surface area contributed by atoms with Crippen LogP contribution in [0.3, 0.4) is 0 Å². The summed E-state index contributed by atoms with van der Waals surface area (Å²) in [4.78, 5) is 24.8. The number of aliphatic hydroxyl groups is 1. The third kappa shape index (κ3) is 11.4. The van der Waals surface area contributed by atoms with E-state index in [-0.39, 0.29) is 18.7 Å². The molecule has 0 aromatic rings. The molecule has 0 spiro atoms. The van der Waals surface area contributed by atoms with Gasteiger partial charge in [0.15, 0.2) is 0 Å². The summed E-state index contributed by atoms with van der Waals surface area (Å²) in [6.45, 7) is 6.82. The van der Waals surface area contributed by atoms with Gasteiger partial charge in [-0.1, -0.05) is 6.42 Å². The van der Waals surface area contributed by atoms with Gasteiger partial charge < -0.3 is 19.5 Å². The van der Waals surface area contributed by atoms with Crippen molar-refractivity contribution >= 4 is 12.1 Å². The number of aliphatic hydroxyl groups excluding tert-OH is 1. The number of carbonyl (C=O) groups excluding carboxylic acids is 2. The molecule has 0 radical (unpaired) electrons. The zero-order chi connectivity index (χ0) is 17.0. The monoisotopic (exact) mass is 317 g/mol. The van der Waals surface area contributed by atoms with Gasteiger partial charge in [-0.25, -0.2) is 4.79 Å². The lowest BCUT2D eigenvalue weighted by Crippen LogP contribution is -2.38. The number of methoxy groups -OCH3 is 1. The standard InChI is InChI=1S/C16H31NO5/c1-16(2,3)22-15(20)17(12-8-9-13-18)11-7-5-6-10-14(19)21-4/h18H,5-13H2,1-4H3. The summed E-state index contributed by atoms with van der Waals surface area (Å²) in [6.07, 6.45) is 3.93. The van der Waals surface area contributed by atoms with Crippen LogP contribution in [0.15, 0.2) is 0 Å². The number of carbonyl (C=O) groups is 2. The number of nitrogens with zero attached hydrogens (tertiary/aromatic N) is 1. The quantitative estimate of drug-likeness (QED) is 0.495. The normalized spacial score (nSPS) is 11.1. The highest BCUT2D eigenvalue weighted by Gasteiger charge is 2.21. The molecule has 0 aromatic heterocycles. The fourth-order valence-electron chi connectivity index (χ4n) is 1.89. The minimum Gasteiger partial charge on any atom is -0.469 e. The summed E-state index contributed by atoms with van der Waals surface area (Å²) in [6, 6.07) is 0. The second-order valence-electron chi connectivity index (χ2n) is 6.28. The molecule has 0 bridgehead atoms. The van der Waals surface area contributed by atoms with Crippen LogP contribution in [-0.4, -0.2) is 54.5 Å². The predicted octanol–water partition coefficient (Wildman–Crippen LogP) is 2.73. The van der Waals surface area contributed by atoms with Crippen LogP contribution in [0.4, 0.5) is 4.79 Å². The Morgan fingerprint density at radius 1 is 1.00 bits per heavy atom. The van der Waals surface area contributed by atoms with Crippen molar-refractivity contribution in [1.29, 1.82) is 0 Å². The molecular formula is C16H31NO5. The summed E-state index contributed by atoms with van der Waals surface area (Å²) in [5.41, 5.74) is -0.517. The summed E-state index contributed by atoms with van der Waals surface area (Å²) in [7, 11) is 1.38. The molecule has 0 fully saturated rings. The molecule has 0 unspecified atom stereocenters. The molecule has 0 aliphatic heterocycles. The third-order valence-electron chi connectivity index (χ3n) is 3.02. The number of amides is 1. The first-order chi connectivity index (χ1) is 10.3. The van der Waals surface area contributed by atoms with E-state index in [0.717, 1.165) is 25.7 Å². The van der Waals surface area contributed by atoms with Crippen LogP contribution >= 0.6 is 0 Å². The van der Waals surface area contributed by atoms with E-state index in [1.807, 2.05) is 20.8 Å². The van der Waals surface area contributed by atoms with E-state index in [4.69, 9.17) is 9.84 Å². The highest BCUT2D eigenvalue weighted by molar-refractivity contribution is 5.69. The molecular weight excluding hydrogens is 286 g/mol. The van der Waals surface area contributed by atoms with E-state index >= 15 is 0 Å². The molecule has 22 heavy (non-hydrogen) atoms. The average Bonchev–Trinajstić information content (AvgIpc) is 2.42. The zero-order valence-electron chi connectivity index (χ0n) is 14.4. The molecule has 0 atom stereocenters. The maximum absolute atomic E-state index is 12.1. The Morgan fingerprint density at radius 3 is 2.09 bits per heavy atom. The molecule has 1 N–H and O–H groups in total. The average molecular weight is 317 g/mol. The number of hydrogen-bond acceptors (Lipinski definition) is 5. The largest absolute Gasteiger partial charge is 0.469 e. The lowest BCUT2D eigenvalue weighted by Gasteiger charge is -2.27. The first kappa shape index (κ1) is 20.7. The van der Waals surface area contributed by atoms with Gasteiger partial charge in [-0.15, -0.1) is 0 Å². The highest BCUT2D eigenvalue weighted by Crippen LogP contribution is 2.12. The van der Waals surface area contributed by atoms with Crippen LogP contribution in [0.25, 0.3) is 0 Å². The van der Waals surface area contributed by atoms with Crippen molar-refractivity contribution in [2.24, 2.45) is 0 Å². The fourth-order valence-corrected chi connectivity index (χ4v) is 1.89. The van der Waals surface area contributed by atoms with Gasteiger partial charge in [-0.05, 0) is 46.5 Å². The van der Waals surface area contributed by atoms with Gasteiger partial charge in [-0.2, -0.15) is 0 Å². The SMILES string of the molecule is COC(=O)CCCCCN(CCCCO)C(=O)OC(C)(C)C. The van der Waals surface area contributed by atoms with Crippen molar-refractivity contribution < 1.29 is 24.2 Å². The van der Waals surface area contributed by atoms with Crippen molar-refractivity contribution in [1.82, 2.24) is 4.90 Å². The predicted molar refractivity (Wildman–Crippen MR) is 84.6 cm³/mol. The molecule has 0 aliphatic carbocycles. The van der Waals surface area contributed by atoms with Gasteiger partial charge >= 0.3 is 12.1 Å². The van der Waals surface area contributed by atoms with Gasteiger partial charge in [0.25, 0.3) is 0 Å². The first-order valence-corrected chi connectivity index (χ1v) is 7.95. The smallest absolute Gasteiger partial charge is 0.410 e. The Kier molecular flexibility index (Phi) is 10.6. The van der Waals surface area contributed by atoms with Gasteiger partial charge in [0, 0.05) is 26.1 Å². The lowest BCUT2D eigenvalue weighted by atomic mass is 10.2. The fraction of sp³-hybridized carbons (Fsp3) is 0.875. The number of ether oxygens (including phenoxy) is 2. The van der Waals surface area contributed by atoms with Crippen LogP contribution in [0.2, 0.25) is 0 Å². The molecule has 0 aliphatic rings. The molecule has 0 saturated heterocycles. The van der Waals surface area contributed by atoms with Gasteiger partial charge in [-0.3, -0.25) is 4.79 Å². The summed E-state index contributed by atoms with van der Waals surface area (Å²) in [5.74, 6) is -0.202. The van der Waals surface area contributed by atoms with Crippen molar-refractivity contribution in [2.75, 3.05) is 26.8 Å². The molecule has 130 valence electrons. The van der Waals surface area contributed by atoms with Crippen LogP contribution in [0.1, 0.15) is 59.3 Å². The Balaban J connectivity index is 4.17. The van der Waals surface area contributed by atoms with Crippen molar-refractivity contribution in [3.63, 3.8) is 0 Å². The summed E-state index contributed by atoms with van der Waals surface area (Å²) in [5, 5.41) is 8.85. The number of unbranched alkanes of at least 4 members (excludes halogenated alkanes) is 3. The van der Waals surface area contributed by atoms with E-state index in [9.17, 15) is 9.59 Å². The lowest BCUT2D eigenvalue weighted by molar-refractivity contribution is -0.140.